The maximum absolute atomic E-state index is 12.3. The molecule has 4 nitrogen and oxygen atoms in total. The highest BCUT2D eigenvalue weighted by Crippen LogP contribution is 2.25. The molecule has 0 unspecified atom stereocenters. The Morgan fingerprint density at radius 1 is 1.17 bits per heavy atom. The second-order valence-corrected chi connectivity index (χ2v) is 6.71. The first-order chi connectivity index (χ1) is 10.7. The van der Waals surface area contributed by atoms with E-state index in [1.165, 1.54) is 24.9 Å². The number of nitrogens with one attached hydrogen (secondary N) is 2. The summed E-state index contributed by atoms with van der Waals surface area (Å²) in [6.07, 6.45) is 5.75. The lowest BCUT2D eigenvalue weighted by molar-refractivity contribution is -0.118. The van der Waals surface area contributed by atoms with Gasteiger partial charge in [-0.05, 0) is 56.3 Å². The molecule has 0 aromatic heterocycles. The van der Waals surface area contributed by atoms with E-state index in [9.17, 15) is 4.79 Å². The molecule has 1 atom stereocenters. The van der Waals surface area contributed by atoms with Crippen LogP contribution in [0.3, 0.4) is 0 Å². The molecular weight excluding hydrogens is 345 g/mol. The minimum absolute atomic E-state index is 0. The van der Waals surface area contributed by atoms with Crippen LogP contribution in [0.15, 0.2) is 24.3 Å². The molecule has 2 N–H and O–H groups in total. The number of halogens is 2. The number of amides is 1. The predicted molar refractivity (Wildman–Crippen MR) is 106 cm³/mol. The van der Waals surface area contributed by atoms with E-state index in [1.807, 2.05) is 12.1 Å². The lowest BCUT2D eigenvalue weighted by Crippen LogP contribution is -2.43. The number of nitrogens with zero attached hydrogens (tertiary/aromatic N) is 1. The molecule has 0 spiro atoms. The van der Waals surface area contributed by atoms with Gasteiger partial charge in [-0.25, -0.2) is 0 Å². The summed E-state index contributed by atoms with van der Waals surface area (Å²) in [6.45, 7) is 5.50. The number of rotatable bonds is 3. The Hall–Kier alpha value is -0.970. The minimum atomic E-state index is -0.0340. The molecule has 2 aliphatic heterocycles. The quantitative estimate of drug-likeness (QED) is 0.845. The first kappa shape index (κ1) is 21.1. The van der Waals surface area contributed by atoms with Gasteiger partial charge in [0.05, 0.1) is 6.04 Å². The fourth-order valence-corrected chi connectivity index (χ4v) is 3.35. The Kier molecular flexibility index (Phi) is 8.88. The van der Waals surface area contributed by atoms with Gasteiger partial charge < -0.3 is 15.5 Å². The van der Waals surface area contributed by atoms with Crippen LogP contribution >= 0.6 is 24.8 Å². The fourth-order valence-electron chi connectivity index (χ4n) is 3.35. The van der Waals surface area contributed by atoms with E-state index < -0.39 is 0 Å². The van der Waals surface area contributed by atoms with Gasteiger partial charge in [-0.15, -0.1) is 24.8 Å². The Morgan fingerprint density at radius 2 is 1.92 bits per heavy atom. The SMILES string of the molecule is CC1CCN(c2cccc(NC(=O)[C@H]3CCCCN3)c2)CC1.Cl.Cl. The highest BCUT2D eigenvalue weighted by molar-refractivity contribution is 5.95. The van der Waals surface area contributed by atoms with Crippen LogP contribution in [-0.4, -0.2) is 31.6 Å². The normalized spacial score (nSPS) is 21.4. The van der Waals surface area contributed by atoms with E-state index in [4.69, 9.17) is 0 Å². The molecule has 0 saturated carbocycles. The molecule has 0 bridgehead atoms. The molecule has 1 aromatic carbocycles. The van der Waals surface area contributed by atoms with Crippen molar-refractivity contribution in [2.75, 3.05) is 29.9 Å². The lowest BCUT2D eigenvalue weighted by Gasteiger charge is -2.32. The van der Waals surface area contributed by atoms with E-state index in [-0.39, 0.29) is 36.8 Å². The predicted octanol–water partition coefficient (Wildman–Crippen LogP) is 3.85. The molecule has 0 aliphatic carbocycles. The monoisotopic (exact) mass is 373 g/mol. The number of carbonyl (C=O) groups excluding carboxylic acids is 1. The van der Waals surface area contributed by atoms with Crippen LogP contribution < -0.4 is 15.5 Å². The van der Waals surface area contributed by atoms with Crippen LogP contribution in [0.25, 0.3) is 0 Å². The van der Waals surface area contributed by atoms with E-state index >= 15 is 0 Å². The summed E-state index contributed by atoms with van der Waals surface area (Å²) < 4.78 is 0. The van der Waals surface area contributed by atoms with Crippen molar-refractivity contribution in [3.05, 3.63) is 24.3 Å². The van der Waals surface area contributed by atoms with Crippen LogP contribution in [0.5, 0.6) is 0 Å². The van der Waals surface area contributed by atoms with Crippen molar-refractivity contribution in [3.63, 3.8) is 0 Å². The highest BCUT2D eigenvalue weighted by atomic mass is 35.5. The van der Waals surface area contributed by atoms with Gasteiger partial charge in [0.25, 0.3) is 0 Å². The van der Waals surface area contributed by atoms with Gasteiger partial charge in [-0.2, -0.15) is 0 Å². The van der Waals surface area contributed by atoms with Crippen molar-refractivity contribution < 1.29 is 4.79 Å². The lowest BCUT2D eigenvalue weighted by atomic mass is 9.99. The third-order valence-electron chi connectivity index (χ3n) is 4.89. The van der Waals surface area contributed by atoms with Crippen LogP contribution in [0.1, 0.15) is 39.0 Å². The van der Waals surface area contributed by atoms with Gasteiger partial charge in [0, 0.05) is 24.5 Å². The second kappa shape index (κ2) is 10.1. The average molecular weight is 374 g/mol. The summed E-state index contributed by atoms with van der Waals surface area (Å²) in [5.41, 5.74) is 2.13. The fraction of sp³-hybridized carbons (Fsp3) is 0.611. The van der Waals surface area contributed by atoms with Crippen molar-refractivity contribution in [1.29, 1.82) is 0 Å². The minimum Gasteiger partial charge on any atom is -0.371 e. The Labute approximate surface area is 157 Å². The number of benzene rings is 1. The van der Waals surface area contributed by atoms with Crippen LogP contribution in [0.4, 0.5) is 11.4 Å². The van der Waals surface area contributed by atoms with Crippen molar-refractivity contribution in [2.24, 2.45) is 5.92 Å². The Bertz CT molecular complexity index is 513. The second-order valence-electron chi connectivity index (χ2n) is 6.71. The van der Waals surface area contributed by atoms with Crippen molar-refractivity contribution in [2.45, 2.75) is 45.1 Å². The maximum atomic E-state index is 12.3. The van der Waals surface area contributed by atoms with Gasteiger partial charge in [-0.1, -0.05) is 19.4 Å². The molecule has 3 rings (SSSR count). The number of hydrogen-bond donors (Lipinski definition) is 2. The number of carbonyl (C=O) groups is 1. The van der Waals surface area contributed by atoms with Crippen LogP contribution in [-0.2, 0) is 4.79 Å². The summed E-state index contributed by atoms with van der Waals surface area (Å²) in [4.78, 5) is 14.7. The number of anilines is 2. The van der Waals surface area contributed by atoms with E-state index in [1.54, 1.807) is 0 Å². The number of hydrogen-bond acceptors (Lipinski definition) is 3. The topological polar surface area (TPSA) is 44.4 Å². The van der Waals surface area contributed by atoms with Crippen LogP contribution in [0, 0.1) is 5.92 Å². The largest absolute Gasteiger partial charge is 0.371 e. The summed E-state index contributed by atoms with van der Waals surface area (Å²) in [6, 6.07) is 8.24. The smallest absolute Gasteiger partial charge is 0.241 e. The first-order valence-electron chi connectivity index (χ1n) is 8.61. The number of piperidine rings is 2. The zero-order valence-corrected chi connectivity index (χ0v) is 15.9. The molecule has 1 amide bonds. The third kappa shape index (κ3) is 5.54. The van der Waals surface area contributed by atoms with E-state index in [0.717, 1.165) is 44.1 Å². The molecule has 0 radical (unpaired) electrons. The molecule has 2 fully saturated rings. The molecule has 6 heteroatoms. The van der Waals surface area contributed by atoms with Crippen molar-refractivity contribution >= 4 is 42.1 Å². The third-order valence-corrected chi connectivity index (χ3v) is 4.89. The van der Waals surface area contributed by atoms with Gasteiger partial charge in [0.2, 0.25) is 5.91 Å². The standard InChI is InChI=1S/C18H27N3O.2ClH/c1-14-8-11-21(12-9-14)16-6-4-5-15(13-16)20-18(22)17-7-2-3-10-19-17;;/h4-6,13-14,17,19H,2-3,7-12H2,1H3,(H,20,22);2*1H/t17-;;/m1../s1. The molecule has 1 aromatic rings. The Balaban J connectivity index is 0.00000144. The molecule has 2 heterocycles. The zero-order valence-electron chi connectivity index (χ0n) is 14.3. The average Bonchev–Trinajstić information content (AvgIpc) is 2.56. The Morgan fingerprint density at radius 3 is 2.58 bits per heavy atom. The highest BCUT2D eigenvalue weighted by Gasteiger charge is 2.21. The van der Waals surface area contributed by atoms with Crippen molar-refractivity contribution in [3.8, 4) is 0 Å². The van der Waals surface area contributed by atoms with E-state index in [0.29, 0.717) is 0 Å². The summed E-state index contributed by atoms with van der Waals surface area (Å²) >= 11 is 0. The van der Waals surface area contributed by atoms with Gasteiger partial charge >= 0.3 is 0 Å². The molecule has 24 heavy (non-hydrogen) atoms. The van der Waals surface area contributed by atoms with Gasteiger partial charge in [0.15, 0.2) is 0 Å². The molecule has 2 aliphatic rings. The maximum Gasteiger partial charge on any atom is 0.241 e. The summed E-state index contributed by atoms with van der Waals surface area (Å²) in [5.74, 6) is 0.931. The van der Waals surface area contributed by atoms with Crippen LogP contribution in [0.2, 0.25) is 0 Å². The summed E-state index contributed by atoms with van der Waals surface area (Å²) in [5, 5.41) is 6.37. The summed E-state index contributed by atoms with van der Waals surface area (Å²) in [7, 11) is 0. The zero-order chi connectivity index (χ0) is 15.4. The van der Waals surface area contributed by atoms with Crippen molar-refractivity contribution in [1.82, 2.24) is 5.32 Å². The molecule has 136 valence electrons. The van der Waals surface area contributed by atoms with Gasteiger partial charge in [0.1, 0.15) is 0 Å². The van der Waals surface area contributed by atoms with E-state index in [2.05, 4.69) is 34.6 Å². The van der Waals surface area contributed by atoms with Gasteiger partial charge in [-0.3, -0.25) is 4.79 Å². The molecular formula is C18H29Cl2N3O. The molecule has 2 saturated heterocycles. The first-order valence-corrected chi connectivity index (χ1v) is 8.61.